The maximum atomic E-state index is 2.50. The molecule has 52 heavy (non-hydrogen) atoms. The van der Waals surface area contributed by atoms with Crippen molar-refractivity contribution in [3.63, 3.8) is 0 Å². The number of nitrogens with zero attached hydrogens (tertiary/aromatic N) is 1. The molecule has 3 aliphatic rings. The van der Waals surface area contributed by atoms with Gasteiger partial charge in [0.05, 0.1) is 5.69 Å². The van der Waals surface area contributed by atoms with Crippen LogP contribution in [-0.4, -0.2) is 0 Å². The van der Waals surface area contributed by atoms with Crippen LogP contribution in [0.15, 0.2) is 140 Å². The van der Waals surface area contributed by atoms with Crippen molar-refractivity contribution in [1.29, 1.82) is 0 Å². The van der Waals surface area contributed by atoms with Crippen molar-refractivity contribution >= 4 is 17.1 Å². The van der Waals surface area contributed by atoms with Crippen molar-refractivity contribution in [2.45, 2.75) is 95.3 Å². The molecule has 260 valence electrons. The lowest BCUT2D eigenvalue weighted by atomic mass is 9.81. The van der Waals surface area contributed by atoms with Crippen LogP contribution in [0.3, 0.4) is 0 Å². The van der Waals surface area contributed by atoms with Crippen molar-refractivity contribution in [3.05, 3.63) is 162 Å². The Morgan fingerprint density at radius 1 is 0.442 bits per heavy atom. The summed E-state index contributed by atoms with van der Waals surface area (Å²) in [5.41, 5.74) is 17.3. The lowest BCUT2D eigenvalue weighted by molar-refractivity contribution is 0.443. The quantitative estimate of drug-likeness (QED) is 0.163. The Balaban J connectivity index is 1.15. The molecule has 6 aromatic rings. The van der Waals surface area contributed by atoms with Crippen molar-refractivity contribution in [2.75, 3.05) is 4.90 Å². The van der Waals surface area contributed by atoms with Gasteiger partial charge in [0.15, 0.2) is 0 Å². The number of hydrogen-bond donors (Lipinski definition) is 0. The first kappa shape index (κ1) is 33.0. The predicted octanol–water partition coefficient (Wildman–Crippen LogP) is 14.9. The Bertz CT molecular complexity index is 2170. The van der Waals surface area contributed by atoms with Crippen LogP contribution in [0.2, 0.25) is 0 Å². The summed E-state index contributed by atoms with van der Waals surface area (Å²) in [6.07, 6.45) is 13.4. The number of rotatable bonds is 7. The molecule has 0 saturated heterocycles. The minimum atomic E-state index is -0.0746. The number of para-hydroxylation sites is 1. The molecule has 1 heteroatoms. The van der Waals surface area contributed by atoms with Gasteiger partial charge in [-0.05, 0) is 118 Å². The molecule has 0 N–H and O–H groups in total. The van der Waals surface area contributed by atoms with Gasteiger partial charge in [0, 0.05) is 22.4 Å². The second-order valence-electron chi connectivity index (χ2n) is 16.2. The van der Waals surface area contributed by atoms with Crippen LogP contribution in [0.25, 0.3) is 33.4 Å². The van der Waals surface area contributed by atoms with Crippen LogP contribution >= 0.6 is 0 Å². The second-order valence-corrected chi connectivity index (χ2v) is 16.2. The molecule has 0 bridgehead atoms. The summed E-state index contributed by atoms with van der Waals surface area (Å²) in [4.78, 5) is 2.50. The van der Waals surface area contributed by atoms with E-state index in [1.165, 1.54) is 137 Å². The van der Waals surface area contributed by atoms with E-state index in [2.05, 4.69) is 158 Å². The van der Waals surface area contributed by atoms with Crippen LogP contribution in [-0.2, 0) is 5.41 Å². The number of benzene rings is 6. The molecule has 0 aromatic heterocycles. The Kier molecular flexibility index (Phi) is 8.83. The average Bonchev–Trinajstić information content (AvgIpc) is 3.44. The van der Waals surface area contributed by atoms with E-state index in [1.807, 2.05) is 0 Å². The zero-order valence-corrected chi connectivity index (χ0v) is 31.0. The van der Waals surface area contributed by atoms with Gasteiger partial charge in [-0.3, -0.25) is 0 Å². The first-order valence-electron chi connectivity index (χ1n) is 20.0. The van der Waals surface area contributed by atoms with Crippen LogP contribution < -0.4 is 4.90 Å². The highest BCUT2D eigenvalue weighted by Gasteiger charge is 2.36. The minimum Gasteiger partial charge on any atom is -0.310 e. The maximum absolute atomic E-state index is 2.50. The largest absolute Gasteiger partial charge is 0.310 e. The van der Waals surface area contributed by atoms with E-state index in [1.54, 1.807) is 0 Å². The van der Waals surface area contributed by atoms with Gasteiger partial charge in [0.1, 0.15) is 0 Å². The highest BCUT2D eigenvalue weighted by molar-refractivity contribution is 5.91. The normalized spacial score (nSPS) is 17.0. The SMILES string of the molecule is CC1(C)c2ccccc2-c2ccc(N(c3ccc(-c4ccccc4C4CCCCC4)cc3)c3ccccc3-c3ccc(C4CCCCC4)cc3)cc21. The third kappa shape index (κ3) is 5.99. The van der Waals surface area contributed by atoms with Gasteiger partial charge in [-0.2, -0.15) is 0 Å². The summed E-state index contributed by atoms with van der Waals surface area (Å²) >= 11 is 0. The second kappa shape index (κ2) is 13.9. The topological polar surface area (TPSA) is 3.24 Å². The average molecular weight is 678 g/mol. The number of fused-ring (bicyclic) bond motifs is 3. The summed E-state index contributed by atoms with van der Waals surface area (Å²) in [5, 5.41) is 0. The Morgan fingerprint density at radius 3 is 1.71 bits per heavy atom. The van der Waals surface area contributed by atoms with E-state index in [4.69, 9.17) is 0 Å². The summed E-state index contributed by atoms with van der Waals surface area (Å²) in [6.45, 7) is 4.76. The maximum Gasteiger partial charge on any atom is 0.0540 e. The van der Waals surface area contributed by atoms with E-state index >= 15 is 0 Å². The monoisotopic (exact) mass is 677 g/mol. The van der Waals surface area contributed by atoms with Crippen molar-refractivity contribution < 1.29 is 0 Å². The molecule has 2 saturated carbocycles. The van der Waals surface area contributed by atoms with Crippen molar-refractivity contribution in [2.24, 2.45) is 0 Å². The molecule has 0 amide bonds. The molecule has 1 nitrogen and oxygen atoms in total. The number of anilines is 3. The fourth-order valence-corrected chi connectivity index (χ4v) is 9.86. The molecule has 3 aliphatic carbocycles. The van der Waals surface area contributed by atoms with Gasteiger partial charge in [-0.1, -0.05) is 162 Å². The van der Waals surface area contributed by atoms with E-state index in [9.17, 15) is 0 Å². The predicted molar refractivity (Wildman–Crippen MR) is 221 cm³/mol. The van der Waals surface area contributed by atoms with Crippen LogP contribution in [0.5, 0.6) is 0 Å². The molecule has 0 atom stereocenters. The fourth-order valence-electron chi connectivity index (χ4n) is 9.86. The fraction of sp³-hybridized carbons (Fsp3) is 0.294. The van der Waals surface area contributed by atoms with Gasteiger partial charge >= 0.3 is 0 Å². The first-order valence-corrected chi connectivity index (χ1v) is 20.0. The van der Waals surface area contributed by atoms with Crippen molar-refractivity contribution in [3.8, 4) is 33.4 Å². The lowest BCUT2D eigenvalue weighted by Gasteiger charge is -2.30. The summed E-state index contributed by atoms with van der Waals surface area (Å²) < 4.78 is 0. The lowest BCUT2D eigenvalue weighted by Crippen LogP contribution is -2.16. The molecule has 0 heterocycles. The first-order chi connectivity index (χ1) is 25.6. The van der Waals surface area contributed by atoms with E-state index in [0.29, 0.717) is 11.8 Å². The standard InChI is InChI=1S/C51H51N/c1-51(2)48-23-13-11-22-46(48)47-34-33-42(35-49(47)51)52(41-31-29-39(30-32-41)44-20-10-9-19-43(44)38-17-7-4-8-18-38)50-24-14-12-21-45(50)40-27-25-37(26-28-40)36-15-5-3-6-16-36/h9-14,19-36,38H,3-8,15-18H2,1-2H3. The highest BCUT2D eigenvalue weighted by Crippen LogP contribution is 2.51. The third-order valence-corrected chi connectivity index (χ3v) is 12.7. The van der Waals surface area contributed by atoms with Gasteiger partial charge < -0.3 is 4.90 Å². The van der Waals surface area contributed by atoms with Crippen LogP contribution in [0.4, 0.5) is 17.1 Å². The minimum absolute atomic E-state index is 0.0746. The highest BCUT2D eigenvalue weighted by atomic mass is 15.1. The van der Waals surface area contributed by atoms with Crippen LogP contribution in [0.1, 0.15) is 112 Å². The molecule has 6 aromatic carbocycles. The molecule has 0 radical (unpaired) electrons. The molecular weight excluding hydrogens is 627 g/mol. The van der Waals surface area contributed by atoms with Gasteiger partial charge in [-0.15, -0.1) is 0 Å². The zero-order valence-electron chi connectivity index (χ0n) is 31.0. The zero-order chi connectivity index (χ0) is 35.1. The molecule has 0 unspecified atom stereocenters. The molecular formula is C51H51N. The van der Waals surface area contributed by atoms with Crippen molar-refractivity contribution in [1.82, 2.24) is 0 Å². The summed E-state index contributed by atoms with van der Waals surface area (Å²) in [6, 6.07) is 53.3. The third-order valence-electron chi connectivity index (χ3n) is 12.7. The van der Waals surface area contributed by atoms with Gasteiger partial charge in [0.25, 0.3) is 0 Å². The van der Waals surface area contributed by atoms with E-state index < -0.39 is 0 Å². The van der Waals surface area contributed by atoms with Crippen LogP contribution in [0, 0.1) is 0 Å². The van der Waals surface area contributed by atoms with E-state index in [-0.39, 0.29) is 5.41 Å². The van der Waals surface area contributed by atoms with E-state index in [0.717, 1.165) is 0 Å². The molecule has 0 spiro atoms. The molecule has 0 aliphatic heterocycles. The van der Waals surface area contributed by atoms with Gasteiger partial charge in [-0.25, -0.2) is 0 Å². The molecule has 9 rings (SSSR count). The Morgan fingerprint density at radius 2 is 0.981 bits per heavy atom. The smallest absolute Gasteiger partial charge is 0.0540 e. The molecule has 2 fully saturated rings. The Labute approximate surface area is 311 Å². The summed E-state index contributed by atoms with van der Waals surface area (Å²) in [5.74, 6) is 1.37. The summed E-state index contributed by atoms with van der Waals surface area (Å²) in [7, 11) is 0. The van der Waals surface area contributed by atoms with Gasteiger partial charge in [0.2, 0.25) is 0 Å². The number of hydrogen-bond acceptors (Lipinski definition) is 1. The Hall–Kier alpha value is -4.88.